The number of halogens is 2. The molecule has 1 aromatic heterocycles. The first-order valence-electron chi connectivity index (χ1n) is 8.00. The van der Waals surface area contributed by atoms with Gasteiger partial charge in [-0.1, -0.05) is 47.5 Å². The standard InChI is InChI=1S/C19H16Cl2N2OS/c20-13-6-4-12(5-7-13)11-24-18-14-2-1-3-15(21)19(14)25-16(18)10-17-22-8-9-23-17/h1-9,16,18H,10-11H2,(H,22,23)/t16-,18-/m0/s1. The molecule has 2 atom stereocenters. The molecule has 4 rings (SSSR count). The second kappa shape index (κ2) is 7.42. The zero-order valence-electron chi connectivity index (χ0n) is 13.3. The summed E-state index contributed by atoms with van der Waals surface area (Å²) in [6, 6.07) is 13.8. The van der Waals surface area contributed by atoms with E-state index in [1.54, 1.807) is 18.0 Å². The highest BCUT2D eigenvalue weighted by molar-refractivity contribution is 8.00. The summed E-state index contributed by atoms with van der Waals surface area (Å²) in [6.45, 7) is 0.531. The van der Waals surface area contributed by atoms with Crippen molar-refractivity contribution in [3.63, 3.8) is 0 Å². The molecule has 3 nitrogen and oxygen atoms in total. The van der Waals surface area contributed by atoms with Crippen LogP contribution in [0.4, 0.5) is 0 Å². The molecule has 0 bridgehead atoms. The van der Waals surface area contributed by atoms with E-state index in [0.717, 1.165) is 38.3 Å². The van der Waals surface area contributed by atoms with Gasteiger partial charge in [0.2, 0.25) is 0 Å². The summed E-state index contributed by atoms with van der Waals surface area (Å²) < 4.78 is 6.31. The number of ether oxygens (including phenoxy) is 1. The van der Waals surface area contributed by atoms with Gasteiger partial charge in [-0.05, 0) is 29.3 Å². The molecule has 0 unspecified atom stereocenters. The number of aromatic nitrogens is 2. The van der Waals surface area contributed by atoms with E-state index in [2.05, 4.69) is 16.0 Å². The molecule has 128 valence electrons. The minimum absolute atomic E-state index is 0.0283. The first-order valence-corrected chi connectivity index (χ1v) is 9.63. The zero-order valence-corrected chi connectivity index (χ0v) is 15.6. The van der Waals surface area contributed by atoms with Gasteiger partial charge in [-0.15, -0.1) is 11.8 Å². The Morgan fingerprint density at radius 1 is 1.12 bits per heavy atom. The van der Waals surface area contributed by atoms with Crippen molar-refractivity contribution in [1.29, 1.82) is 0 Å². The summed E-state index contributed by atoms with van der Waals surface area (Å²) in [4.78, 5) is 8.65. The lowest BCUT2D eigenvalue weighted by atomic mass is 10.0. The third-order valence-corrected chi connectivity index (χ3v) is 6.29. The lowest BCUT2D eigenvalue weighted by Gasteiger charge is -2.20. The van der Waals surface area contributed by atoms with Gasteiger partial charge >= 0.3 is 0 Å². The van der Waals surface area contributed by atoms with Crippen LogP contribution < -0.4 is 0 Å². The van der Waals surface area contributed by atoms with E-state index < -0.39 is 0 Å². The third kappa shape index (κ3) is 3.72. The summed E-state index contributed by atoms with van der Waals surface area (Å²) in [6.07, 6.45) is 4.39. The second-order valence-electron chi connectivity index (χ2n) is 5.91. The SMILES string of the molecule is Clc1ccc(CO[C@H]2c3cccc(Cl)c3S[C@H]2Cc2ncc[nH]2)cc1. The topological polar surface area (TPSA) is 37.9 Å². The number of H-pyrrole nitrogens is 1. The Hall–Kier alpha value is -1.46. The molecular weight excluding hydrogens is 375 g/mol. The van der Waals surface area contributed by atoms with E-state index >= 15 is 0 Å². The van der Waals surface area contributed by atoms with Gasteiger partial charge in [0.05, 0.1) is 17.7 Å². The number of hydrogen-bond acceptors (Lipinski definition) is 3. The van der Waals surface area contributed by atoms with Crippen molar-refractivity contribution in [2.24, 2.45) is 0 Å². The van der Waals surface area contributed by atoms with Gasteiger partial charge < -0.3 is 9.72 Å². The molecule has 0 fully saturated rings. The van der Waals surface area contributed by atoms with E-state index in [4.69, 9.17) is 27.9 Å². The van der Waals surface area contributed by atoms with Crippen molar-refractivity contribution in [3.8, 4) is 0 Å². The fraction of sp³-hybridized carbons (Fsp3) is 0.211. The Labute approximate surface area is 160 Å². The number of nitrogens with zero attached hydrogens (tertiary/aromatic N) is 1. The second-order valence-corrected chi connectivity index (χ2v) is 8.01. The minimum atomic E-state index is -0.0283. The van der Waals surface area contributed by atoms with Crippen molar-refractivity contribution in [1.82, 2.24) is 9.97 Å². The van der Waals surface area contributed by atoms with Gasteiger partial charge in [0.1, 0.15) is 5.82 Å². The normalized spacial score (nSPS) is 19.1. The number of imidazole rings is 1. The monoisotopic (exact) mass is 390 g/mol. The number of rotatable bonds is 5. The van der Waals surface area contributed by atoms with E-state index in [1.165, 1.54) is 0 Å². The van der Waals surface area contributed by atoms with Crippen LogP contribution in [0.5, 0.6) is 0 Å². The minimum Gasteiger partial charge on any atom is -0.368 e. The first-order chi connectivity index (χ1) is 12.2. The maximum atomic E-state index is 6.40. The van der Waals surface area contributed by atoms with Crippen LogP contribution in [0, 0.1) is 0 Å². The zero-order chi connectivity index (χ0) is 17.2. The summed E-state index contributed by atoms with van der Waals surface area (Å²) >= 11 is 14.1. The van der Waals surface area contributed by atoms with Gasteiger partial charge in [0.15, 0.2) is 0 Å². The van der Waals surface area contributed by atoms with Gasteiger partial charge in [-0.2, -0.15) is 0 Å². The van der Waals surface area contributed by atoms with Crippen LogP contribution in [0.2, 0.25) is 10.0 Å². The Morgan fingerprint density at radius 3 is 2.72 bits per heavy atom. The summed E-state index contributed by atoms with van der Waals surface area (Å²) in [5.41, 5.74) is 2.25. The molecule has 0 spiro atoms. The molecule has 0 aliphatic carbocycles. The van der Waals surface area contributed by atoms with Gasteiger partial charge in [0, 0.05) is 34.0 Å². The van der Waals surface area contributed by atoms with Crippen molar-refractivity contribution >= 4 is 35.0 Å². The maximum absolute atomic E-state index is 6.40. The number of nitrogens with one attached hydrogen (secondary N) is 1. The lowest BCUT2D eigenvalue weighted by Crippen LogP contribution is -2.17. The van der Waals surface area contributed by atoms with E-state index in [-0.39, 0.29) is 11.4 Å². The van der Waals surface area contributed by atoms with Crippen molar-refractivity contribution in [2.75, 3.05) is 0 Å². The third-order valence-electron chi connectivity index (χ3n) is 4.20. The Bertz CT molecular complexity index is 852. The van der Waals surface area contributed by atoms with Gasteiger partial charge in [-0.3, -0.25) is 0 Å². The number of hydrogen-bond donors (Lipinski definition) is 1. The molecule has 3 aromatic rings. The molecule has 6 heteroatoms. The molecule has 0 saturated heterocycles. The van der Waals surface area contributed by atoms with Crippen LogP contribution in [0.1, 0.15) is 23.1 Å². The highest BCUT2D eigenvalue weighted by Gasteiger charge is 2.36. The number of thioether (sulfide) groups is 1. The van der Waals surface area contributed by atoms with Crippen LogP contribution in [-0.2, 0) is 17.8 Å². The molecule has 2 aromatic carbocycles. The predicted molar refractivity (Wildman–Crippen MR) is 102 cm³/mol. The van der Waals surface area contributed by atoms with Gasteiger partial charge in [0.25, 0.3) is 0 Å². The summed E-state index contributed by atoms with van der Waals surface area (Å²) in [7, 11) is 0. The van der Waals surface area contributed by atoms with Crippen LogP contribution in [0.3, 0.4) is 0 Å². The molecule has 1 N–H and O–H groups in total. The van der Waals surface area contributed by atoms with Crippen LogP contribution in [-0.4, -0.2) is 15.2 Å². The largest absolute Gasteiger partial charge is 0.368 e. The van der Waals surface area contributed by atoms with E-state index in [0.29, 0.717) is 6.61 Å². The van der Waals surface area contributed by atoms with Crippen molar-refractivity contribution < 1.29 is 4.74 Å². The van der Waals surface area contributed by atoms with Crippen molar-refractivity contribution in [3.05, 3.63) is 81.9 Å². The molecule has 0 saturated carbocycles. The molecule has 0 amide bonds. The maximum Gasteiger partial charge on any atom is 0.107 e. The fourth-order valence-electron chi connectivity index (χ4n) is 3.00. The fourth-order valence-corrected chi connectivity index (χ4v) is 4.84. The highest BCUT2D eigenvalue weighted by Crippen LogP contribution is 2.50. The smallest absolute Gasteiger partial charge is 0.107 e. The first kappa shape index (κ1) is 17.0. The van der Waals surface area contributed by atoms with Crippen molar-refractivity contribution in [2.45, 2.75) is 29.3 Å². The highest BCUT2D eigenvalue weighted by atomic mass is 35.5. The average Bonchev–Trinajstić information content (AvgIpc) is 3.24. The molecule has 1 aliphatic heterocycles. The Balaban J connectivity index is 1.56. The Kier molecular flexibility index (Phi) is 5.04. The average molecular weight is 391 g/mol. The Morgan fingerprint density at radius 2 is 1.96 bits per heavy atom. The van der Waals surface area contributed by atoms with Crippen LogP contribution in [0.15, 0.2) is 59.8 Å². The summed E-state index contributed by atoms with van der Waals surface area (Å²) in [5.74, 6) is 0.960. The molecule has 1 aliphatic rings. The van der Waals surface area contributed by atoms with E-state index in [1.807, 2.05) is 42.6 Å². The van der Waals surface area contributed by atoms with Crippen LogP contribution in [0.25, 0.3) is 0 Å². The molecule has 0 radical (unpaired) electrons. The number of fused-ring (bicyclic) bond motifs is 1. The number of aromatic amines is 1. The molecule has 2 heterocycles. The number of benzene rings is 2. The van der Waals surface area contributed by atoms with Crippen LogP contribution >= 0.6 is 35.0 Å². The molecule has 25 heavy (non-hydrogen) atoms. The van der Waals surface area contributed by atoms with Gasteiger partial charge in [-0.25, -0.2) is 4.98 Å². The lowest BCUT2D eigenvalue weighted by molar-refractivity contribution is 0.0392. The predicted octanol–water partition coefficient (Wildman–Crippen LogP) is 5.69. The van der Waals surface area contributed by atoms with E-state index in [9.17, 15) is 0 Å². The quantitative estimate of drug-likeness (QED) is 0.607. The molecular formula is C19H16Cl2N2OS. The summed E-state index contributed by atoms with van der Waals surface area (Å²) in [5, 5.41) is 1.74.